The molecule has 1 aliphatic rings. The molecular weight excluding hydrogens is 368 g/mol. The molecule has 0 fully saturated rings. The van der Waals surface area contributed by atoms with Crippen LogP contribution in [0, 0.1) is 0 Å². The molecule has 0 radical (unpaired) electrons. The van der Waals surface area contributed by atoms with Crippen LogP contribution in [0.4, 0.5) is 0 Å². The quantitative estimate of drug-likeness (QED) is 0.538. The Morgan fingerprint density at radius 3 is 2.64 bits per heavy atom. The molecule has 28 heavy (non-hydrogen) atoms. The predicted molar refractivity (Wildman–Crippen MR) is 115 cm³/mol. The molecule has 4 heteroatoms. The fourth-order valence-electron chi connectivity index (χ4n) is 3.70. The normalized spacial score (nSPS) is 14.2. The average Bonchev–Trinajstić information content (AvgIpc) is 2.75. The second kappa shape index (κ2) is 8.15. The molecule has 1 amide bonds. The smallest absolute Gasteiger partial charge is 0.222 e. The van der Waals surface area contributed by atoms with E-state index in [1.807, 2.05) is 42.3 Å². The molecule has 0 aliphatic carbocycles. The Hall–Kier alpha value is -2.65. The predicted octanol–water partition coefficient (Wildman–Crippen LogP) is 5.67. The van der Waals surface area contributed by atoms with Gasteiger partial charge in [0.2, 0.25) is 5.91 Å². The molecule has 0 unspecified atom stereocenters. The number of fused-ring (bicyclic) bond motifs is 1. The molecule has 2 aromatic carbocycles. The largest absolute Gasteiger partial charge is 0.339 e. The van der Waals surface area contributed by atoms with Crippen LogP contribution in [0.5, 0.6) is 0 Å². The van der Waals surface area contributed by atoms with Crippen LogP contribution in [0.1, 0.15) is 25.3 Å². The summed E-state index contributed by atoms with van der Waals surface area (Å²) in [6, 6.07) is 16.5. The summed E-state index contributed by atoms with van der Waals surface area (Å²) in [5.74, 6) is 0.237. The van der Waals surface area contributed by atoms with Crippen molar-refractivity contribution in [3.63, 3.8) is 0 Å². The lowest BCUT2D eigenvalue weighted by molar-refractivity contribution is -0.130. The highest BCUT2D eigenvalue weighted by Gasteiger charge is 2.16. The highest BCUT2D eigenvalue weighted by molar-refractivity contribution is 6.38. The van der Waals surface area contributed by atoms with Crippen molar-refractivity contribution in [2.45, 2.75) is 26.2 Å². The van der Waals surface area contributed by atoms with Crippen molar-refractivity contribution in [3.05, 3.63) is 77.0 Å². The van der Waals surface area contributed by atoms with Crippen molar-refractivity contribution < 1.29 is 4.79 Å². The van der Waals surface area contributed by atoms with E-state index in [1.165, 1.54) is 11.1 Å². The minimum Gasteiger partial charge on any atom is -0.339 e. The third kappa shape index (κ3) is 3.81. The summed E-state index contributed by atoms with van der Waals surface area (Å²) in [5.41, 5.74) is 5.61. The molecule has 0 saturated carbocycles. The lowest BCUT2D eigenvalue weighted by Crippen LogP contribution is -2.34. The number of halogens is 1. The SMILES string of the molecule is CCC(=O)N1CC=C(Cc2ccc(-c3cnc4ccccc4c3Cl)cc2)CC1. The van der Waals surface area contributed by atoms with E-state index in [1.54, 1.807) is 0 Å². The first-order valence-electron chi connectivity index (χ1n) is 9.74. The number of benzene rings is 2. The van der Waals surface area contributed by atoms with Crippen LogP contribution in [0.15, 0.2) is 66.4 Å². The molecule has 2 heterocycles. The number of carbonyl (C=O) groups is 1. The van der Waals surface area contributed by atoms with Gasteiger partial charge in [0.05, 0.1) is 10.5 Å². The number of aromatic nitrogens is 1. The Labute approximate surface area is 170 Å². The maximum Gasteiger partial charge on any atom is 0.222 e. The van der Waals surface area contributed by atoms with Gasteiger partial charge < -0.3 is 4.90 Å². The summed E-state index contributed by atoms with van der Waals surface area (Å²) in [7, 11) is 0. The monoisotopic (exact) mass is 390 g/mol. The van der Waals surface area contributed by atoms with Gasteiger partial charge in [-0.15, -0.1) is 0 Å². The highest BCUT2D eigenvalue weighted by Crippen LogP contribution is 2.33. The van der Waals surface area contributed by atoms with Gasteiger partial charge in [-0.05, 0) is 30.0 Å². The molecule has 0 atom stereocenters. The Kier molecular flexibility index (Phi) is 5.45. The van der Waals surface area contributed by atoms with Gasteiger partial charge in [0.15, 0.2) is 0 Å². The maximum atomic E-state index is 11.8. The summed E-state index contributed by atoms with van der Waals surface area (Å²) < 4.78 is 0. The Morgan fingerprint density at radius 2 is 1.93 bits per heavy atom. The van der Waals surface area contributed by atoms with Crippen molar-refractivity contribution in [2.24, 2.45) is 0 Å². The van der Waals surface area contributed by atoms with Crippen molar-refractivity contribution in [1.29, 1.82) is 0 Å². The molecule has 0 bridgehead atoms. The van der Waals surface area contributed by atoms with Gasteiger partial charge in [0.25, 0.3) is 0 Å². The standard InChI is InChI=1S/C24H23ClN2O/c1-2-23(28)27-13-11-18(12-14-27)15-17-7-9-19(10-8-17)21-16-26-22-6-4-3-5-20(22)24(21)25/h3-11,16H,2,12-15H2,1H3. The fraction of sp³-hybridized carbons (Fsp3) is 0.250. The van der Waals surface area contributed by atoms with Gasteiger partial charge in [-0.25, -0.2) is 0 Å². The van der Waals surface area contributed by atoms with Gasteiger partial charge in [0, 0.05) is 36.7 Å². The zero-order valence-electron chi connectivity index (χ0n) is 16.0. The average molecular weight is 391 g/mol. The topological polar surface area (TPSA) is 33.2 Å². The van der Waals surface area contributed by atoms with Crippen molar-refractivity contribution in [1.82, 2.24) is 9.88 Å². The first-order valence-corrected chi connectivity index (χ1v) is 10.1. The van der Waals surface area contributed by atoms with E-state index in [9.17, 15) is 4.79 Å². The third-order valence-electron chi connectivity index (χ3n) is 5.36. The number of amides is 1. The van der Waals surface area contributed by atoms with Crippen LogP contribution < -0.4 is 0 Å². The lowest BCUT2D eigenvalue weighted by Gasteiger charge is -2.26. The van der Waals surface area contributed by atoms with Gasteiger partial charge in [-0.1, -0.05) is 72.6 Å². The van der Waals surface area contributed by atoms with Crippen LogP contribution in [-0.2, 0) is 11.2 Å². The van der Waals surface area contributed by atoms with Crippen LogP contribution in [0.3, 0.4) is 0 Å². The summed E-state index contributed by atoms with van der Waals surface area (Å²) in [5, 5.41) is 1.72. The molecule has 0 saturated heterocycles. The number of carbonyl (C=O) groups excluding carboxylic acids is 1. The Morgan fingerprint density at radius 1 is 1.14 bits per heavy atom. The first-order chi connectivity index (χ1) is 13.7. The minimum atomic E-state index is 0.237. The van der Waals surface area contributed by atoms with Gasteiger partial charge in [-0.3, -0.25) is 9.78 Å². The van der Waals surface area contributed by atoms with Crippen LogP contribution >= 0.6 is 11.6 Å². The molecule has 1 aromatic heterocycles. The summed E-state index contributed by atoms with van der Waals surface area (Å²) in [6.07, 6.45) is 6.51. The fourth-order valence-corrected chi connectivity index (χ4v) is 4.01. The van der Waals surface area contributed by atoms with E-state index in [4.69, 9.17) is 11.6 Å². The van der Waals surface area contributed by atoms with Crippen molar-refractivity contribution in [3.8, 4) is 11.1 Å². The molecule has 0 N–H and O–H groups in total. The second-order valence-corrected chi connectivity index (χ2v) is 7.56. The summed E-state index contributed by atoms with van der Waals surface area (Å²) in [6.45, 7) is 3.48. The van der Waals surface area contributed by atoms with Crippen LogP contribution in [0.2, 0.25) is 5.02 Å². The number of hydrogen-bond acceptors (Lipinski definition) is 2. The Bertz CT molecular complexity index is 1040. The molecule has 1 aliphatic heterocycles. The van der Waals surface area contributed by atoms with Gasteiger partial charge in [0.1, 0.15) is 0 Å². The first kappa shape index (κ1) is 18.7. The van der Waals surface area contributed by atoms with Crippen LogP contribution in [-0.4, -0.2) is 28.9 Å². The van der Waals surface area contributed by atoms with E-state index in [0.29, 0.717) is 6.42 Å². The highest BCUT2D eigenvalue weighted by atomic mass is 35.5. The van der Waals surface area contributed by atoms with E-state index >= 15 is 0 Å². The van der Waals surface area contributed by atoms with E-state index in [0.717, 1.165) is 53.0 Å². The Balaban J connectivity index is 1.50. The summed E-state index contributed by atoms with van der Waals surface area (Å²) in [4.78, 5) is 18.3. The number of nitrogens with zero attached hydrogens (tertiary/aromatic N) is 2. The maximum absolute atomic E-state index is 11.8. The molecule has 3 aromatic rings. The number of pyridine rings is 1. The minimum absolute atomic E-state index is 0.237. The number of para-hydroxylation sites is 1. The number of rotatable bonds is 4. The summed E-state index contributed by atoms with van der Waals surface area (Å²) >= 11 is 6.64. The molecule has 3 nitrogen and oxygen atoms in total. The van der Waals surface area contributed by atoms with E-state index < -0.39 is 0 Å². The second-order valence-electron chi connectivity index (χ2n) is 7.18. The van der Waals surface area contributed by atoms with Crippen molar-refractivity contribution >= 4 is 28.4 Å². The van der Waals surface area contributed by atoms with E-state index in [-0.39, 0.29) is 5.91 Å². The number of hydrogen-bond donors (Lipinski definition) is 0. The van der Waals surface area contributed by atoms with Crippen LogP contribution in [0.25, 0.3) is 22.0 Å². The zero-order chi connectivity index (χ0) is 19.5. The third-order valence-corrected chi connectivity index (χ3v) is 5.77. The van der Waals surface area contributed by atoms with E-state index in [2.05, 4.69) is 35.3 Å². The van der Waals surface area contributed by atoms with Gasteiger partial charge in [-0.2, -0.15) is 0 Å². The lowest BCUT2D eigenvalue weighted by atomic mass is 9.97. The zero-order valence-corrected chi connectivity index (χ0v) is 16.7. The van der Waals surface area contributed by atoms with Gasteiger partial charge >= 0.3 is 0 Å². The molecule has 4 rings (SSSR count). The van der Waals surface area contributed by atoms with Crippen molar-refractivity contribution in [2.75, 3.05) is 13.1 Å². The molecule has 0 spiro atoms. The molecule has 142 valence electrons. The molecular formula is C24H23ClN2O.